The molecule has 0 aliphatic carbocycles. The molecule has 0 spiro atoms. The van der Waals surface area contributed by atoms with E-state index in [1.807, 2.05) is 0 Å². The second-order valence-corrected chi connectivity index (χ2v) is 5.06. The van der Waals surface area contributed by atoms with Crippen LogP contribution < -0.4 is 5.32 Å². The largest absolute Gasteiger partial charge is 0.481 e. The zero-order valence-corrected chi connectivity index (χ0v) is 11.6. The number of thioether (sulfide) groups is 1. The standard InChI is InChI=1S/C12H14N2O5S/c1-8-2-3-9(14(18)19)6-10(8)12(17)13-4-5-20-7-11(15)16/h2-3,6H,4-5,7H2,1H3,(H,13,17)(H,15,16). The molecule has 8 heteroatoms. The van der Waals surface area contributed by atoms with Crippen molar-refractivity contribution in [1.82, 2.24) is 5.32 Å². The molecular formula is C12H14N2O5S. The van der Waals surface area contributed by atoms with E-state index in [1.54, 1.807) is 6.92 Å². The van der Waals surface area contributed by atoms with Crippen molar-refractivity contribution in [2.45, 2.75) is 6.92 Å². The summed E-state index contributed by atoms with van der Waals surface area (Å²) in [5, 5.41) is 21.7. The lowest BCUT2D eigenvalue weighted by atomic mass is 10.1. The van der Waals surface area contributed by atoms with E-state index in [4.69, 9.17) is 5.11 Å². The Labute approximate surface area is 119 Å². The molecule has 0 atom stereocenters. The van der Waals surface area contributed by atoms with Crippen molar-refractivity contribution in [1.29, 1.82) is 0 Å². The summed E-state index contributed by atoms with van der Waals surface area (Å²) >= 11 is 1.19. The Hall–Kier alpha value is -2.09. The van der Waals surface area contributed by atoms with Crippen molar-refractivity contribution in [3.05, 3.63) is 39.4 Å². The van der Waals surface area contributed by atoms with Gasteiger partial charge in [-0.2, -0.15) is 0 Å². The number of carboxylic acid groups (broad SMARTS) is 1. The van der Waals surface area contributed by atoms with Crippen LogP contribution in [-0.2, 0) is 4.79 Å². The van der Waals surface area contributed by atoms with E-state index in [0.717, 1.165) is 0 Å². The molecule has 7 nitrogen and oxygen atoms in total. The maximum absolute atomic E-state index is 11.9. The number of carbonyl (C=O) groups excluding carboxylic acids is 1. The number of aliphatic carboxylic acids is 1. The van der Waals surface area contributed by atoms with Crippen LogP contribution in [0.2, 0.25) is 0 Å². The summed E-state index contributed by atoms with van der Waals surface area (Å²) in [5.41, 5.74) is 0.759. The molecule has 0 aliphatic rings. The van der Waals surface area contributed by atoms with Gasteiger partial charge in [-0.05, 0) is 12.5 Å². The molecule has 1 aromatic carbocycles. The molecule has 0 heterocycles. The molecule has 1 rings (SSSR count). The molecule has 1 aromatic rings. The molecule has 108 valence electrons. The van der Waals surface area contributed by atoms with Gasteiger partial charge >= 0.3 is 5.97 Å². The third kappa shape index (κ3) is 4.88. The summed E-state index contributed by atoms with van der Waals surface area (Å²) < 4.78 is 0. The second-order valence-electron chi connectivity index (χ2n) is 3.96. The predicted octanol–water partition coefficient (Wildman–Crippen LogP) is 1.45. The zero-order valence-electron chi connectivity index (χ0n) is 10.8. The highest BCUT2D eigenvalue weighted by Crippen LogP contribution is 2.17. The number of nitrogens with zero attached hydrogens (tertiary/aromatic N) is 1. The van der Waals surface area contributed by atoms with Crippen LogP contribution in [0.1, 0.15) is 15.9 Å². The van der Waals surface area contributed by atoms with Gasteiger partial charge in [-0.1, -0.05) is 6.07 Å². The van der Waals surface area contributed by atoms with Crippen molar-refractivity contribution >= 4 is 29.3 Å². The van der Waals surface area contributed by atoms with E-state index in [1.165, 1.54) is 30.0 Å². The second kappa shape index (κ2) is 7.49. The monoisotopic (exact) mass is 298 g/mol. The van der Waals surface area contributed by atoms with Crippen LogP contribution in [0.15, 0.2) is 18.2 Å². The Bertz CT molecular complexity index is 533. The number of carboxylic acids is 1. The number of non-ortho nitro benzene ring substituents is 1. The number of aryl methyl sites for hydroxylation is 1. The Morgan fingerprint density at radius 1 is 1.45 bits per heavy atom. The van der Waals surface area contributed by atoms with Crippen LogP contribution in [0.4, 0.5) is 5.69 Å². The van der Waals surface area contributed by atoms with Gasteiger partial charge in [0.25, 0.3) is 11.6 Å². The number of hydrogen-bond donors (Lipinski definition) is 2. The smallest absolute Gasteiger partial charge is 0.313 e. The summed E-state index contributed by atoms with van der Waals surface area (Å²) in [6, 6.07) is 4.09. The minimum atomic E-state index is -0.907. The van der Waals surface area contributed by atoms with Gasteiger partial charge in [0.05, 0.1) is 10.7 Å². The number of nitrogens with one attached hydrogen (secondary N) is 1. The van der Waals surface area contributed by atoms with Gasteiger partial charge in [0.1, 0.15) is 0 Å². The molecule has 0 saturated heterocycles. The first-order valence-electron chi connectivity index (χ1n) is 5.74. The highest BCUT2D eigenvalue weighted by atomic mass is 32.2. The van der Waals surface area contributed by atoms with Gasteiger partial charge in [-0.25, -0.2) is 0 Å². The number of hydrogen-bond acceptors (Lipinski definition) is 5. The molecule has 0 fully saturated rings. The maximum atomic E-state index is 11.9. The number of amides is 1. The van der Waals surface area contributed by atoms with Crippen molar-refractivity contribution in [3.8, 4) is 0 Å². The van der Waals surface area contributed by atoms with Gasteiger partial charge in [-0.15, -0.1) is 11.8 Å². The Morgan fingerprint density at radius 2 is 2.15 bits per heavy atom. The van der Waals surface area contributed by atoms with Crippen molar-refractivity contribution in [3.63, 3.8) is 0 Å². The average Bonchev–Trinajstić information content (AvgIpc) is 2.37. The van der Waals surface area contributed by atoms with Gasteiger partial charge in [0, 0.05) is 30.0 Å². The summed E-state index contributed by atoms with van der Waals surface area (Å²) in [6.07, 6.45) is 0. The molecular weight excluding hydrogens is 284 g/mol. The SMILES string of the molecule is Cc1ccc([N+](=O)[O-])cc1C(=O)NCCSCC(=O)O. The summed E-state index contributed by atoms with van der Waals surface area (Å²) in [4.78, 5) is 32.3. The van der Waals surface area contributed by atoms with Crippen LogP contribution in [0, 0.1) is 17.0 Å². The summed E-state index contributed by atoms with van der Waals surface area (Å²) in [6.45, 7) is 2.00. The molecule has 0 bridgehead atoms. The molecule has 0 aromatic heterocycles. The number of nitro benzene ring substituents is 1. The normalized spacial score (nSPS) is 10.1. The van der Waals surface area contributed by atoms with Crippen molar-refractivity contribution in [2.75, 3.05) is 18.1 Å². The molecule has 20 heavy (non-hydrogen) atoms. The minimum absolute atomic E-state index is 0.0221. The van der Waals surface area contributed by atoms with Crippen LogP contribution in [0.3, 0.4) is 0 Å². The lowest BCUT2D eigenvalue weighted by molar-refractivity contribution is -0.384. The quantitative estimate of drug-likeness (QED) is 0.448. The molecule has 0 unspecified atom stereocenters. The number of carbonyl (C=O) groups is 2. The van der Waals surface area contributed by atoms with E-state index in [2.05, 4.69) is 5.32 Å². The highest BCUT2D eigenvalue weighted by Gasteiger charge is 2.14. The lowest BCUT2D eigenvalue weighted by Gasteiger charge is -2.07. The molecule has 0 saturated carbocycles. The molecule has 1 amide bonds. The highest BCUT2D eigenvalue weighted by molar-refractivity contribution is 7.99. The molecule has 2 N–H and O–H groups in total. The number of rotatable bonds is 7. The summed E-state index contributed by atoms with van der Waals surface area (Å²) in [5.74, 6) is -0.865. The van der Waals surface area contributed by atoms with Crippen LogP contribution in [-0.4, -0.2) is 40.0 Å². The average molecular weight is 298 g/mol. The topological polar surface area (TPSA) is 110 Å². The number of benzene rings is 1. The van der Waals surface area contributed by atoms with E-state index in [9.17, 15) is 19.7 Å². The fraction of sp³-hybridized carbons (Fsp3) is 0.333. The van der Waals surface area contributed by atoms with Gasteiger partial charge in [0.15, 0.2) is 0 Å². The summed E-state index contributed by atoms with van der Waals surface area (Å²) in [7, 11) is 0. The lowest BCUT2D eigenvalue weighted by Crippen LogP contribution is -2.26. The van der Waals surface area contributed by atoms with Gasteiger partial charge in [0.2, 0.25) is 0 Å². The number of nitro groups is 1. The van der Waals surface area contributed by atoms with E-state index < -0.39 is 16.8 Å². The first-order chi connectivity index (χ1) is 9.41. The maximum Gasteiger partial charge on any atom is 0.313 e. The molecule has 0 aliphatic heterocycles. The van der Waals surface area contributed by atoms with Crippen LogP contribution in [0.5, 0.6) is 0 Å². The van der Waals surface area contributed by atoms with Crippen molar-refractivity contribution in [2.24, 2.45) is 0 Å². The van der Waals surface area contributed by atoms with Gasteiger partial charge in [-0.3, -0.25) is 19.7 Å². The Balaban J connectivity index is 2.57. The third-order valence-electron chi connectivity index (χ3n) is 2.43. The third-order valence-corrected chi connectivity index (χ3v) is 3.38. The van der Waals surface area contributed by atoms with Crippen LogP contribution in [0.25, 0.3) is 0 Å². The fourth-order valence-corrected chi connectivity index (χ4v) is 2.02. The van der Waals surface area contributed by atoms with Gasteiger partial charge < -0.3 is 10.4 Å². The van der Waals surface area contributed by atoms with E-state index in [0.29, 0.717) is 17.9 Å². The van der Waals surface area contributed by atoms with Crippen LogP contribution >= 0.6 is 11.8 Å². The van der Waals surface area contributed by atoms with E-state index >= 15 is 0 Å². The Morgan fingerprint density at radius 3 is 2.75 bits per heavy atom. The first kappa shape index (κ1) is 16.0. The first-order valence-corrected chi connectivity index (χ1v) is 6.90. The minimum Gasteiger partial charge on any atom is -0.481 e. The van der Waals surface area contributed by atoms with E-state index in [-0.39, 0.29) is 17.0 Å². The molecule has 0 radical (unpaired) electrons. The van der Waals surface area contributed by atoms with Crippen molar-refractivity contribution < 1.29 is 19.6 Å². The zero-order chi connectivity index (χ0) is 15.1. The predicted molar refractivity (Wildman–Crippen MR) is 75.1 cm³/mol. The fourth-order valence-electron chi connectivity index (χ4n) is 1.46. The Kier molecular flexibility index (Phi) is 5.98.